The Morgan fingerprint density at radius 2 is 1.78 bits per heavy atom. The van der Waals surface area contributed by atoms with Gasteiger partial charge >= 0.3 is 0 Å². The molecule has 0 radical (unpaired) electrons. The number of hydrogen-bond donors (Lipinski definition) is 0. The molecular formula is C18H21ClN2O2. The molecule has 0 saturated heterocycles. The summed E-state index contributed by atoms with van der Waals surface area (Å²) in [6, 6.07) is 14.8. The maximum absolute atomic E-state index is 12.4. The zero-order valence-corrected chi connectivity index (χ0v) is 14.4. The van der Waals surface area contributed by atoms with Gasteiger partial charge in [-0.1, -0.05) is 17.7 Å². The van der Waals surface area contributed by atoms with Gasteiger partial charge in [0.05, 0.1) is 6.54 Å². The van der Waals surface area contributed by atoms with Crippen molar-refractivity contribution in [3.05, 3.63) is 59.1 Å². The minimum atomic E-state index is -0.0231. The topological polar surface area (TPSA) is 32.8 Å². The highest BCUT2D eigenvalue weighted by Gasteiger charge is 2.11. The van der Waals surface area contributed by atoms with Gasteiger partial charge in [-0.25, -0.2) is 0 Å². The lowest BCUT2D eigenvalue weighted by atomic mass is 10.2. The van der Waals surface area contributed by atoms with Crippen LogP contribution in [0.3, 0.4) is 0 Å². The van der Waals surface area contributed by atoms with Crippen molar-refractivity contribution >= 4 is 23.2 Å². The average molecular weight is 333 g/mol. The fourth-order valence-electron chi connectivity index (χ4n) is 2.08. The Hall–Kier alpha value is -2.20. The molecule has 1 amide bonds. The van der Waals surface area contributed by atoms with Crippen molar-refractivity contribution < 1.29 is 9.53 Å². The summed E-state index contributed by atoms with van der Waals surface area (Å²) in [4.78, 5) is 16.0. The molecule has 122 valence electrons. The summed E-state index contributed by atoms with van der Waals surface area (Å²) in [7, 11) is 5.70. The van der Waals surface area contributed by atoms with Gasteiger partial charge in [-0.05, 0) is 42.5 Å². The monoisotopic (exact) mass is 332 g/mol. The summed E-state index contributed by atoms with van der Waals surface area (Å²) in [6.45, 7) is 0.916. The quantitative estimate of drug-likeness (QED) is 0.811. The molecule has 2 aromatic rings. The number of nitrogens with zero attached hydrogens (tertiary/aromatic N) is 2. The first kappa shape index (κ1) is 17.2. The molecule has 23 heavy (non-hydrogen) atoms. The molecular weight excluding hydrogens is 312 g/mol. The fraction of sp³-hybridized carbons (Fsp3) is 0.278. The highest BCUT2D eigenvalue weighted by atomic mass is 35.5. The molecule has 4 nitrogen and oxygen atoms in total. The third-order valence-electron chi connectivity index (χ3n) is 3.47. The van der Waals surface area contributed by atoms with E-state index < -0.39 is 0 Å². The van der Waals surface area contributed by atoms with Crippen molar-refractivity contribution in [2.45, 2.75) is 0 Å². The van der Waals surface area contributed by atoms with Crippen LogP contribution in [0.5, 0.6) is 5.75 Å². The van der Waals surface area contributed by atoms with Gasteiger partial charge in [-0.2, -0.15) is 0 Å². The van der Waals surface area contributed by atoms with E-state index in [2.05, 4.69) is 0 Å². The normalized spacial score (nSPS) is 10.3. The molecule has 0 spiro atoms. The summed E-state index contributed by atoms with van der Waals surface area (Å²) in [5.41, 5.74) is 1.73. The Labute approximate surface area is 142 Å². The van der Waals surface area contributed by atoms with Gasteiger partial charge < -0.3 is 14.5 Å². The second-order valence-electron chi connectivity index (χ2n) is 5.47. The fourth-order valence-corrected chi connectivity index (χ4v) is 2.26. The number of benzene rings is 2. The maximum atomic E-state index is 12.4. The van der Waals surface area contributed by atoms with E-state index in [0.717, 1.165) is 5.69 Å². The zero-order valence-electron chi connectivity index (χ0n) is 13.6. The molecule has 0 aromatic heterocycles. The molecule has 0 N–H and O–H groups in total. The van der Waals surface area contributed by atoms with Gasteiger partial charge in [-0.3, -0.25) is 4.79 Å². The number of carbonyl (C=O) groups excluding carboxylic acids is 1. The van der Waals surface area contributed by atoms with E-state index in [9.17, 15) is 4.79 Å². The van der Waals surface area contributed by atoms with Gasteiger partial charge in [0.2, 0.25) is 0 Å². The number of halogens is 1. The van der Waals surface area contributed by atoms with Crippen molar-refractivity contribution in [1.29, 1.82) is 0 Å². The first-order chi connectivity index (χ1) is 11.0. The largest absolute Gasteiger partial charge is 0.492 e. The molecule has 0 heterocycles. The van der Waals surface area contributed by atoms with Gasteiger partial charge in [0.25, 0.3) is 5.91 Å². The second kappa shape index (κ2) is 7.88. The van der Waals surface area contributed by atoms with Crippen molar-refractivity contribution in [1.82, 2.24) is 4.90 Å². The molecule has 0 aliphatic rings. The van der Waals surface area contributed by atoms with Crippen LogP contribution in [0.4, 0.5) is 5.69 Å². The van der Waals surface area contributed by atoms with Crippen LogP contribution in [0, 0.1) is 0 Å². The van der Waals surface area contributed by atoms with Gasteiger partial charge in [-0.15, -0.1) is 0 Å². The number of likely N-dealkylation sites (N-methyl/N-ethyl adjacent to an activating group) is 1. The number of rotatable bonds is 6. The molecule has 5 heteroatoms. The van der Waals surface area contributed by atoms with Crippen LogP contribution in [-0.4, -0.2) is 45.1 Å². The third kappa shape index (κ3) is 4.89. The highest BCUT2D eigenvalue weighted by molar-refractivity contribution is 6.30. The van der Waals surface area contributed by atoms with Gasteiger partial charge in [0.15, 0.2) is 0 Å². The maximum Gasteiger partial charge on any atom is 0.253 e. The van der Waals surface area contributed by atoms with Crippen LogP contribution >= 0.6 is 11.6 Å². The van der Waals surface area contributed by atoms with E-state index in [1.807, 2.05) is 55.4 Å². The van der Waals surface area contributed by atoms with Crippen LogP contribution in [0.25, 0.3) is 0 Å². The summed E-state index contributed by atoms with van der Waals surface area (Å²) in [5, 5.41) is 0.632. The Bertz CT molecular complexity index is 656. The van der Waals surface area contributed by atoms with Crippen molar-refractivity contribution in [2.24, 2.45) is 0 Å². The molecule has 0 unspecified atom stereocenters. The lowest BCUT2D eigenvalue weighted by molar-refractivity contribution is 0.0774. The first-order valence-electron chi connectivity index (χ1n) is 7.38. The number of ether oxygens (including phenoxy) is 1. The zero-order chi connectivity index (χ0) is 16.8. The minimum absolute atomic E-state index is 0.0231. The summed E-state index contributed by atoms with van der Waals surface area (Å²) in [6.07, 6.45) is 0. The van der Waals surface area contributed by atoms with Crippen molar-refractivity contribution in [3.8, 4) is 5.75 Å². The van der Waals surface area contributed by atoms with E-state index in [1.165, 1.54) is 0 Å². The third-order valence-corrected chi connectivity index (χ3v) is 3.70. The van der Waals surface area contributed by atoms with E-state index in [1.54, 1.807) is 24.1 Å². The second-order valence-corrected chi connectivity index (χ2v) is 5.91. The number of amides is 1. The first-order valence-corrected chi connectivity index (χ1v) is 7.76. The predicted octanol–water partition coefficient (Wildman–Crippen LogP) is 3.56. The summed E-state index contributed by atoms with van der Waals surface area (Å²) < 4.78 is 5.61. The SMILES string of the molecule is CN(CCOc1cccc(Cl)c1)C(=O)c1ccc(N(C)C)cc1. The van der Waals surface area contributed by atoms with Gasteiger partial charge in [0.1, 0.15) is 12.4 Å². The molecule has 2 rings (SSSR count). The van der Waals surface area contributed by atoms with Crippen molar-refractivity contribution in [2.75, 3.05) is 39.2 Å². The number of hydrogen-bond acceptors (Lipinski definition) is 3. The van der Waals surface area contributed by atoms with Crippen LogP contribution in [-0.2, 0) is 0 Å². The van der Waals surface area contributed by atoms with Crippen LogP contribution in [0.1, 0.15) is 10.4 Å². The van der Waals surface area contributed by atoms with E-state index in [0.29, 0.717) is 29.5 Å². The lowest BCUT2D eigenvalue weighted by Crippen LogP contribution is -2.30. The lowest BCUT2D eigenvalue weighted by Gasteiger charge is -2.18. The molecule has 0 bridgehead atoms. The molecule has 0 saturated carbocycles. The summed E-state index contributed by atoms with van der Waals surface area (Å²) in [5.74, 6) is 0.679. The minimum Gasteiger partial charge on any atom is -0.492 e. The Morgan fingerprint density at radius 3 is 2.39 bits per heavy atom. The van der Waals surface area contributed by atoms with Gasteiger partial charge in [0, 0.05) is 37.4 Å². The molecule has 0 atom stereocenters. The average Bonchev–Trinajstić information content (AvgIpc) is 2.54. The smallest absolute Gasteiger partial charge is 0.253 e. The van der Waals surface area contributed by atoms with E-state index in [-0.39, 0.29) is 5.91 Å². The summed E-state index contributed by atoms with van der Waals surface area (Å²) >= 11 is 5.90. The molecule has 2 aromatic carbocycles. The van der Waals surface area contributed by atoms with Crippen LogP contribution in [0.15, 0.2) is 48.5 Å². The highest BCUT2D eigenvalue weighted by Crippen LogP contribution is 2.17. The molecule has 0 aliphatic heterocycles. The standard InChI is InChI=1S/C18H21ClN2O2/c1-20(2)16-9-7-14(8-10-16)18(22)21(3)11-12-23-17-6-4-5-15(19)13-17/h4-10,13H,11-12H2,1-3H3. The van der Waals surface area contributed by atoms with Crippen LogP contribution < -0.4 is 9.64 Å². The predicted molar refractivity (Wildman–Crippen MR) is 94.7 cm³/mol. The van der Waals surface area contributed by atoms with E-state index >= 15 is 0 Å². The number of carbonyl (C=O) groups is 1. The molecule has 0 fully saturated rings. The Balaban J connectivity index is 1.87. The Kier molecular flexibility index (Phi) is 5.88. The van der Waals surface area contributed by atoms with E-state index in [4.69, 9.17) is 16.3 Å². The number of anilines is 1. The Morgan fingerprint density at radius 1 is 1.09 bits per heavy atom. The molecule has 0 aliphatic carbocycles. The van der Waals surface area contributed by atoms with Crippen molar-refractivity contribution in [3.63, 3.8) is 0 Å². The van der Waals surface area contributed by atoms with Crippen LogP contribution in [0.2, 0.25) is 5.02 Å².